The maximum Gasteiger partial charge on any atom is 0.246 e. The largest absolute Gasteiger partial charge is 0.391 e. The second-order valence-electron chi connectivity index (χ2n) is 5.55. The third-order valence-corrected chi connectivity index (χ3v) is 2.49. The maximum atomic E-state index is 11.5. The molecule has 106 valence electrons. The summed E-state index contributed by atoms with van der Waals surface area (Å²) in [6.07, 6.45) is -0.0534. The zero-order chi connectivity index (χ0) is 14.3. The standard InChI is InChI=1S/C15H23NO3/c1-15(2,3)19-11-14(18)16-10-13(17)9-12-7-5-4-6-8-12/h4-8,13,17H,9-11H2,1-3H3,(H,16,18). The van der Waals surface area contributed by atoms with Crippen molar-refractivity contribution >= 4 is 5.91 Å². The van der Waals surface area contributed by atoms with Gasteiger partial charge in [-0.25, -0.2) is 0 Å². The summed E-state index contributed by atoms with van der Waals surface area (Å²) < 4.78 is 5.35. The van der Waals surface area contributed by atoms with Crippen molar-refractivity contribution in [2.75, 3.05) is 13.2 Å². The minimum absolute atomic E-state index is 0.0154. The van der Waals surface area contributed by atoms with Crippen LogP contribution in [0.4, 0.5) is 0 Å². The number of aliphatic hydroxyl groups excluding tert-OH is 1. The summed E-state index contributed by atoms with van der Waals surface area (Å²) in [6, 6.07) is 9.69. The normalized spacial score (nSPS) is 13.1. The van der Waals surface area contributed by atoms with Gasteiger partial charge in [0.05, 0.1) is 11.7 Å². The average Bonchev–Trinajstić information content (AvgIpc) is 2.34. The van der Waals surface area contributed by atoms with E-state index < -0.39 is 6.10 Å². The topological polar surface area (TPSA) is 58.6 Å². The molecule has 4 heteroatoms. The second kappa shape index (κ2) is 7.26. The summed E-state index contributed by atoms with van der Waals surface area (Å²) in [4.78, 5) is 11.5. The molecule has 0 spiro atoms. The Morgan fingerprint density at radius 1 is 1.32 bits per heavy atom. The van der Waals surface area contributed by atoms with Gasteiger partial charge in [-0.1, -0.05) is 30.3 Å². The van der Waals surface area contributed by atoms with E-state index in [1.807, 2.05) is 51.1 Å². The van der Waals surface area contributed by atoms with E-state index in [0.29, 0.717) is 6.42 Å². The second-order valence-corrected chi connectivity index (χ2v) is 5.55. The predicted molar refractivity (Wildman–Crippen MR) is 74.9 cm³/mol. The number of aliphatic hydroxyl groups is 1. The van der Waals surface area contributed by atoms with E-state index in [2.05, 4.69) is 5.32 Å². The fourth-order valence-corrected chi connectivity index (χ4v) is 1.52. The van der Waals surface area contributed by atoms with Crippen molar-refractivity contribution in [3.05, 3.63) is 35.9 Å². The molecule has 1 aromatic rings. The van der Waals surface area contributed by atoms with Gasteiger partial charge in [0.2, 0.25) is 5.91 Å². The van der Waals surface area contributed by atoms with Crippen LogP contribution in [-0.4, -0.2) is 35.9 Å². The van der Waals surface area contributed by atoms with Gasteiger partial charge >= 0.3 is 0 Å². The first-order chi connectivity index (χ1) is 8.87. The average molecular weight is 265 g/mol. The Morgan fingerprint density at radius 2 is 1.95 bits per heavy atom. The summed E-state index contributed by atoms with van der Waals surface area (Å²) in [5.41, 5.74) is 0.718. The van der Waals surface area contributed by atoms with Crippen LogP contribution in [0, 0.1) is 0 Å². The van der Waals surface area contributed by atoms with Crippen molar-refractivity contribution in [2.24, 2.45) is 0 Å². The van der Waals surface area contributed by atoms with Crippen LogP contribution in [0.5, 0.6) is 0 Å². The molecule has 0 heterocycles. The minimum Gasteiger partial charge on any atom is -0.391 e. The first kappa shape index (κ1) is 15.7. The lowest BCUT2D eigenvalue weighted by atomic mass is 10.1. The van der Waals surface area contributed by atoms with Crippen molar-refractivity contribution in [1.82, 2.24) is 5.32 Å². The number of amides is 1. The smallest absolute Gasteiger partial charge is 0.246 e. The predicted octanol–water partition coefficient (Wildman–Crippen LogP) is 1.52. The fourth-order valence-electron chi connectivity index (χ4n) is 1.52. The molecule has 0 saturated carbocycles. The monoisotopic (exact) mass is 265 g/mol. The molecule has 4 nitrogen and oxygen atoms in total. The molecule has 1 aromatic carbocycles. The van der Waals surface area contributed by atoms with Gasteiger partial charge in [0.1, 0.15) is 6.61 Å². The molecular formula is C15H23NO3. The highest BCUT2D eigenvalue weighted by Gasteiger charge is 2.13. The maximum absolute atomic E-state index is 11.5. The summed E-state index contributed by atoms with van der Waals surface area (Å²) in [7, 11) is 0. The molecular weight excluding hydrogens is 242 g/mol. The number of benzene rings is 1. The molecule has 1 amide bonds. The Hall–Kier alpha value is -1.39. The van der Waals surface area contributed by atoms with Crippen molar-refractivity contribution in [3.8, 4) is 0 Å². The van der Waals surface area contributed by atoms with Crippen LogP contribution < -0.4 is 5.32 Å². The first-order valence-corrected chi connectivity index (χ1v) is 6.49. The lowest BCUT2D eigenvalue weighted by Crippen LogP contribution is -2.37. The lowest BCUT2D eigenvalue weighted by molar-refractivity contribution is -0.130. The van der Waals surface area contributed by atoms with E-state index in [-0.39, 0.29) is 24.7 Å². The van der Waals surface area contributed by atoms with Gasteiger partial charge in [0.25, 0.3) is 0 Å². The SMILES string of the molecule is CC(C)(C)OCC(=O)NCC(O)Cc1ccccc1. The van der Waals surface area contributed by atoms with Crippen molar-refractivity contribution in [2.45, 2.75) is 38.9 Å². The zero-order valence-corrected chi connectivity index (χ0v) is 11.8. The Labute approximate surface area is 114 Å². The van der Waals surface area contributed by atoms with Gasteiger partial charge in [0.15, 0.2) is 0 Å². The summed E-state index contributed by atoms with van der Waals surface area (Å²) in [5.74, 6) is -0.206. The molecule has 0 aliphatic heterocycles. The third-order valence-electron chi connectivity index (χ3n) is 2.49. The van der Waals surface area contributed by atoms with Crippen LogP contribution in [0.3, 0.4) is 0 Å². The van der Waals surface area contributed by atoms with Gasteiger partial charge in [-0.2, -0.15) is 0 Å². The van der Waals surface area contributed by atoms with Crippen LogP contribution in [0.25, 0.3) is 0 Å². The molecule has 0 saturated heterocycles. The van der Waals surface area contributed by atoms with E-state index in [1.165, 1.54) is 0 Å². The van der Waals surface area contributed by atoms with Gasteiger partial charge in [-0.05, 0) is 26.3 Å². The fraction of sp³-hybridized carbons (Fsp3) is 0.533. The number of hydrogen-bond acceptors (Lipinski definition) is 3. The van der Waals surface area contributed by atoms with Crippen LogP contribution in [0.2, 0.25) is 0 Å². The van der Waals surface area contributed by atoms with Gasteiger partial charge in [-0.15, -0.1) is 0 Å². The molecule has 1 unspecified atom stereocenters. The van der Waals surface area contributed by atoms with E-state index >= 15 is 0 Å². The molecule has 1 atom stereocenters. The number of ether oxygens (including phenoxy) is 1. The van der Waals surface area contributed by atoms with Crippen LogP contribution in [0.15, 0.2) is 30.3 Å². The van der Waals surface area contributed by atoms with Crippen molar-refractivity contribution in [1.29, 1.82) is 0 Å². The van der Waals surface area contributed by atoms with E-state index in [1.54, 1.807) is 0 Å². The minimum atomic E-state index is -0.582. The van der Waals surface area contributed by atoms with Gasteiger partial charge in [-0.3, -0.25) is 4.79 Å². The molecule has 0 aliphatic rings. The molecule has 0 aliphatic carbocycles. The highest BCUT2D eigenvalue weighted by molar-refractivity contribution is 5.77. The molecule has 0 radical (unpaired) electrons. The zero-order valence-electron chi connectivity index (χ0n) is 11.8. The molecule has 0 bridgehead atoms. The first-order valence-electron chi connectivity index (χ1n) is 6.49. The van der Waals surface area contributed by atoms with E-state index in [4.69, 9.17) is 4.74 Å². The van der Waals surface area contributed by atoms with Crippen LogP contribution in [0.1, 0.15) is 26.3 Å². The molecule has 2 N–H and O–H groups in total. The van der Waals surface area contributed by atoms with Gasteiger partial charge < -0.3 is 15.2 Å². The summed E-state index contributed by atoms with van der Waals surface area (Å²) in [5, 5.41) is 12.5. The quantitative estimate of drug-likeness (QED) is 0.820. The Bertz CT molecular complexity index is 384. The van der Waals surface area contributed by atoms with Crippen LogP contribution >= 0.6 is 0 Å². The Kier molecular flexibility index (Phi) is 5.99. The molecule has 1 rings (SSSR count). The van der Waals surface area contributed by atoms with Crippen molar-refractivity contribution in [3.63, 3.8) is 0 Å². The van der Waals surface area contributed by atoms with Crippen molar-refractivity contribution < 1.29 is 14.6 Å². The van der Waals surface area contributed by atoms with E-state index in [9.17, 15) is 9.90 Å². The van der Waals surface area contributed by atoms with Gasteiger partial charge in [0, 0.05) is 13.0 Å². The third kappa shape index (κ3) is 7.59. The number of carbonyl (C=O) groups is 1. The number of rotatable bonds is 6. The molecule has 19 heavy (non-hydrogen) atoms. The molecule has 0 aromatic heterocycles. The highest BCUT2D eigenvalue weighted by atomic mass is 16.5. The lowest BCUT2D eigenvalue weighted by Gasteiger charge is -2.19. The number of nitrogens with one attached hydrogen (secondary N) is 1. The molecule has 0 fully saturated rings. The number of hydrogen-bond donors (Lipinski definition) is 2. The highest BCUT2D eigenvalue weighted by Crippen LogP contribution is 2.05. The van der Waals surface area contributed by atoms with Crippen LogP contribution in [-0.2, 0) is 16.0 Å². The Balaban J connectivity index is 2.23. The Morgan fingerprint density at radius 3 is 2.53 bits per heavy atom. The summed E-state index contributed by atoms with van der Waals surface area (Å²) >= 11 is 0. The van der Waals surface area contributed by atoms with E-state index in [0.717, 1.165) is 5.56 Å². The summed E-state index contributed by atoms with van der Waals surface area (Å²) in [6.45, 7) is 5.93. The number of carbonyl (C=O) groups excluding carboxylic acids is 1.